The number of pyridine rings is 1. The lowest BCUT2D eigenvalue weighted by Gasteiger charge is -2.36. The summed E-state index contributed by atoms with van der Waals surface area (Å²) in [4.78, 5) is 23.0. The van der Waals surface area contributed by atoms with Gasteiger partial charge in [0.05, 0.1) is 31.1 Å². The second kappa shape index (κ2) is 9.57. The minimum absolute atomic E-state index is 0.121. The number of nitrogens with one attached hydrogen (secondary N) is 1. The predicted octanol–water partition coefficient (Wildman–Crippen LogP) is 5.51. The SMILES string of the molecule is O=C(C1CCC(CC2CCC2)CC1)N1Cc2cccnc2Nc2ccc(N3CCOCC3)cc21. The molecule has 34 heavy (non-hydrogen) atoms. The molecule has 1 saturated heterocycles. The molecule has 1 amide bonds. The van der Waals surface area contributed by atoms with E-state index in [0.717, 1.165) is 79.4 Å². The highest BCUT2D eigenvalue weighted by atomic mass is 16.5. The summed E-state index contributed by atoms with van der Waals surface area (Å²) in [6.07, 6.45) is 11.9. The fourth-order valence-corrected chi connectivity index (χ4v) is 6.19. The van der Waals surface area contributed by atoms with Crippen LogP contribution in [0.5, 0.6) is 0 Å². The lowest BCUT2D eigenvalue weighted by Crippen LogP contribution is -2.38. The lowest BCUT2D eigenvalue weighted by molar-refractivity contribution is -0.123. The smallest absolute Gasteiger partial charge is 0.230 e. The van der Waals surface area contributed by atoms with Crippen LogP contribution in [0.15, 0.2) is 36.5 Å². The Morgan fingerprint density at radius 2 is 1.82 bits per heavy atom. The Morgan fingerprint density at radius 3 is 2.59 bits per heavy atom. The summed E-state index contributed by atoms with van der Waals surface area (Å²) < 4.78 is 5.55. The maximum Gasteiger partial charge on any atom is 0.230 e. The number of aromatic nitrogens is 1. The number of carbonyl (C=O) groups is 1. The van der Waals surface area contributed by atoms with Gasteiger partial charge >= 0.3 is 0 Å². The van der Waals surface area contributed by atoms with Gasteiger partial charge in [-0.25, -0.2) is 4.98 Å². The molecule has 6 nitrogen and oxygen atoms in total. The first-order valence-corrected chi connectivity index (χ1v) is 13.2. The summed E-state index contributed by atoms with van der Waals surface area (Å²) in [6.45, 7) is 3.82. The molecule has 1 aromatic carbocycles. The molecule has 0 atom stereocenters. The Balaban J connectivity index is 1.26. The zero-order valence-corrected chi connectivity index (χ0v) is 20.0. The minimum atomic E-state index is 0.121. The van der Waals surface area contributed by atoms with Crippen molar-refractivity contribution in [1.82, 2.24) is 4.98 Å². The van der Waals surface area contributed by atoms with Gasteiger partial charge in [0.1, 0.15) is 5.82 Å². The highest BCUT2D eigenvalue weighted by molar-refractivity contribution is 6.00. The highest BCUT2D eigenvalue weighted by Gasteiger charge is 2.34. The Hall–Kier alpha value is -2.60. The van der Waals surface area contributed by atoms with Crippen molar-refractivity contribution in [2.45, 2.75) is 57.9 Å². The maximum atomic E-state index is 14.0. The Kier molecular flexibility index (Phi) is 6.16. The second-order valence-corrected chi connectivity index (χ2v) is 10.6. The average molecular weight is 461 g/mol. The molecule has 180 valence electrons. The Morgan fingerprint density at radius 1 is 1.03 bits per heavy atom. The molecule has 1 N–H and O–H groups in total. The summed E-state index contributed by atoms with van der Waals surface area (Å²) >= 11 is 0. The summed E-state index contributed by atoms with van der Waals surface area (Å²) in [5.41, 5.74) is 4.16. The number of amides is 1. The van der Waals surface area contributed by atoms with Gasteiger partial charge in [0, 0.05) is 36.5 Å². The number of ether oxygens (including phenoxy) is 1. The normalized spacial score (nSPS) is 24.9. The first-order chi connectivity index (χ1) is 16.7. The Bertz CT molecular complexity index is 1020. The molecule has 4 aliphatic rings. The third kappa shape index (κ3) is 4.40. The molecule has 0 radical (unpaired) electrons. The van der Waals surface area contributed by atoms with Crippen LogP contribution in [0, 0.1) is 17.8 Å². The molecule has 0 unspecified atom stereocenters. The molecule has 2 aliphatic heterocycles. The van der Waals surface area contributed by atoms with Crippen LogP contribution in [0.25, 0.3) is 0 Å². The van der Waals surface area contributed by atoms with Gasteiger partial charge in [-0.3, -0.25) is 4.79 Å². The van der Waals surface area contributed by atoms with Crippen molar-refractivity contribution < 1.29 is 9.53 Å². The fraction of sp³-hybridized carbons (Fsp3) is 0.571. The number of rotatable bonds is 4. The third-order valence-electron chi connectivity index (χ3n) is 8.47. The van der Waals surface area contributed by atoms with Crippen LogP contribution in [0.3, 0.4) is 0 Å². The number of morpholine rings is 1. The largest absolute Gasteiger partial charge is 0.378 e. The predicted molar refractivity (Wildman–Crippen MR) is 136 cm³/mol. The van der Waals surface area contributed by atoms with Gasteiger partial charge in [0.25, 0.3) is 0 Å². The summed E-state index contributed by atoms with van der Waals surface area (Å²) in [6, 6.07) is 10.5. The highest BCUT2D eigenvalue weighted by Crippen LogP contribution is 2.42. The van der Waals surface area contributed by atoms with Crippen molar-refractivity contribution in [3.8, 4) is 0 Å². The minimum Gasteiger partial charge on any atom is -0.378 e. The van der Waals surface area contributed by atoms with Crippen LogP contribution >= 0.6 is 0 Å². The van der Waals surface area contributed by atoms with Gasteiger partial charge in [0.2, 0.25) is 5.91 Å². The van der Waals surface area contributed by atoms with Crippen LogP contribution in [-0.2, 0) is 16.1 Å². The quantitative estimate of drug-likeness (QED) is 0.652. The van der Waals surface area contributed by atoms with Gasteiger partial charge in [0.15, 0.2) is 0 Å². The number of carbonyl (C=O) groups excluding carboxylic acids is 1. The van der Waals surface area contributed by atoms with Gasteiger partial charge in [-0.15, -0.1) is 0 Å². The number of hydrogen-bond acceptors (Lipinski definition) is 5. The van der Waals surface area contributed by atoms with Crippen LogP contribution < -0.4 is 15.1 Å². The molecule has 0 spiro atoms. The summed E-state index contributed by atoms with van der Waals surface area (Å²) in [7, 11) is 0. The number of anilines is 4. The first kappa shape index (κ1) is 21.9. The van der Waals surface area contributed by atoms with E-state index in [2.05, 4.69) is 39.5 Å². The van der Waals surface area contributed by atoms with E-state index in [1.807, 2.05) is 17.2 Å². The lowest BCUT2D eigenvalue weighted by atomic mass is 9.72. The van der Waals surface area contributed by atoms with E-state index in [0.29, 0.717) is 6.54 Å². The monoisotopic (exact) mass is 460 g/mol. The molecule has 3 heterocycles. The first-order valence-electron chi connectivity index (χ1n) is 13.2. The molecular weight excluding hydrogens is 424 g/mol. The number of benzene rings is 1. The van der Waals surface area contributed by atoms with Gasteiger partial charge < -0.3 is 19.9 Å². The van der Waals surface area contributed by atoms with Crippen molar-refractivity contribution in [3.63, 3.8) is 0 Å². The van der Waals surface area contributed by atoms with E-state index in [4.69, 9.17) is 4.74 Å². The molecule has 6 rings (SSSR count). The molecule has 1 aromatic heterocycles. The van der Waals surface area contributed by atoms with Crippen LogP contribution in [-0.4, -0.2) is 37.2 Å². The topological polar surface area (TPSA) is 57.7 Å². The fourth-order valence-electron chi connectivity index (χ4n) is 6.19. The average Bonchev–Trinajstić information content (AvgIpc) is 3.03. The van der Waals surface area contributed by atoms with Crippen molar-refractivity contribution in [2.75, 3.05) is 41.4 Å². The van der Waals surface area contributed by atoms with Gasteiger partial charge in [-0.05, 0) is 68.2 Å². The zero-order chi connectivity index (χ0) is 22.9. The van der Waals surface area contributed by atoms with E-state index in [1.165, 1.54) is 38.5 Å². The third-order valence-corrected chi connectivity index (χ3v) is 8.47. The van der Waals surface area contributed by atoms with E-state index in [9.17, 15) is 4.79 Å². The van der Waals surface area contributed by atoms with Crippen LogP contribution in [0.1, 0.15) is 56.9 Å². The standard InChI is InChI=1S/C28H36N4O2/c33-28(22-8-6-21(7-9-22)17-20-3-1-4-20)32-19-23-5-2-12-29-27(23)30-25-11-10-24(18-26(25)32)31-13-15-34-16-14-31/h2,5,10-12,18,20-22H,1,3-4,6-9,13-17,19H2,(H,29,30). The molecule has 6 heteroatoms. The van der Waals surface area contributed by atoms with E-state index >= 15 is 0 Å². The second-order valence-electron chi connectivity index (χ2n) is 10.6. The zero-order valence-electron chi connectivity index (χ0n) is 20.0. The van der Waals surface area contributed by atoms with Crippen molar-refractivity contribution in [2.24, 2.45) is 17.8 Å². The van der Waals surface area contributed by atoms with Crippen molar-refractivity contribution in [1.29, 1.82) is 0 Å². The Labute approximate surface area is 202 Å². The van der Waals surface area contributed by atoms with Crippen LogP contribution in [0.2, 0.25) is 0 Å². The molecule has 2 aromatic rings. The van der Waals surface area contributed by atoms with Crippen LogP contribution in [0.4, 0.5) is 22.9 Å². The maximum absolute atomic E-state index is 14.0. The molecule has 3 fully saturated rings. The van der Waals surface area contributed by atoms with E-state index < -0.39 is 0 Å². The molecule has 2 aliphatic carbocycles. The van der Waals surface area contributed by atoms with E-state index in [1.54, 1.807) is 0 Å². The number of fused-ring (bicyclic) bond motifs is 2. The molecule has 2 saturated carbocycles. The van der Waals surface area contributed by atoms with Gasteiger partial charge in [-0.2, -0.15) is 0 Å². The van der Waals surface area contributed by atoms with Gasteiger partial charge in [-0.1, -0.05) is 25.3 Å². The summed E-state index contributed by atoms with van der Waals surface area (Å²) in [5.74, 6) is 3.04. The summed E-state index contributed by atoms with van der Waals surface area (Å²) in [5, 5.41) is 3.51. The molecule has 0 bridgehead atoms. The van der Waals surface area contributed by atoms with E-state index in [-0.39, 0.29) is 11.8 Å². The molecular formula is C28H36N4O2. The number of hydrogen-bond donors (Lipinski definition) is 1. The number of nitrogens with zero attached hydrogens (tertiary/aromatic N) is 3. The van der Waals surface area contributed by atoms with Crippen molar-refractivity contribution >= 4 is 28.8 Å². The van der Waals surface area contributed by atoms with Crippen molar-refractivity contribution in [3.05, 3.63) is 42.1 Å².